The number of hydrogen-bond acceptors (Lipinski definition) is 4. The number of aromatic nitrogens is 1. The number of aromatic hydroxyl groups is 1. The molecule has 132 valence electrons. The van der Waals surface area contributed by atoms with E-state index in [0.717, 1.165) is 16.5 Å². The molecule has 26 heavy (non-hydrogen) atoms. The van der Waals surface area contributed by atoms with Crippen molar-refractivity contribution in [3.63, 3.8) is 0 Å². The number of hydrazone groups is 1. The van der Waals surface area contributed by atoms with Crippen molar-refractivity contribution in [2.75, 3.05) is 0 Å². The number of carboxylic acid groups (broad SMARTS) is 1. The highest BCUT2D eigenvalue weighted by Gasteiger charge is 2.09. The normalized spacial score (nSPS) is 11.1. The van der Waals surface area contributed by atoms with E-state index in [-0.39, 0.29) is 22.8 Å². The van der Waals surface area contributed by atoms with Gasteiger partial charge in [-0.15, -0.1) is 0 Å². The summed E-state index contributed by atoms with van der Waals surface area (Å²) in [5.41, 5.74) is 4.72. The molecule has 0 bridgehead atoms. The summed E-state index contributed by atoms with van der Waals surface area (Å²) in [6, 6.07) is 11.3. The van der Waals surface area contributed by atoms with Crippen molar-refractivity contribution in [2.24, 2.45) is 5.10 Å². The molecule has 0 atom stereocenters. The predicted octanol–water partition coefficient (Wildman–Crippen LogP) is 2.92. The molecule has 3 aromatic rings. The standard InChI is InChI=1S/C18H14ClN3O4/c19-14-6-10(4-5-16(14)23)18(26)22-20-9-11-2-1-3-15-13(11)7-12(21-15)8-17(24)25/h1-7,9,21,23H,8H2,(H,22,26)(H,24,25). The number of hydrogen-bond donors (Lipinski definition) is 4. The second-order valence-corrected chi connectivity index (χ2v) is 5.95. The summed E-state index contributed by atoms with van der Waals surface area (Å²) in [4.78, 5) is 25.9. The SMILES string of the molecule is O=C(O)Cc1cc2c(C=NNC(=O)c3ccc(O)c(Cl)c3)cccc2[nH]1. The van der Waals surface area contributed by atoms with Gasteiger partial charge in [-0.25, -0.2) is 5.43 Å². The number of aliphatic carboxylic acids is 1. The molecule has 0 saturated carbocycles. The summed E-state index contributed by atoms with van der Waals surface area (Å²) in [6.45, 7) is 0. The van der Waals surface area contributed by atoms with Gasteiger partial charge in [0.2, 0.25) is 0 Å². The highest BCUT2D eigenvalue weighted by Crippen LogP contribution is 2.23. The van der Waals surface area contributed by atoms with Crippen LogP contribution >= 0.6 is 11.6 Å². The minimum absolute atomic E-state index is 0.0738. The van der Waals surface area contributed by atoms with Crippen molar-refractivity contribution in [1.29, 1.82) is 0 Å². The van der Waals surface area contributed by atoms with Crippen molar-refractivity contribution < 1.29 is 19.8 Å². The molecule has 0 radical (unpaired) electrons. The number of fused-ring (bicyclic) bond motifs is 1. The molecule has 0 saturated heterocycles. The fourth-order valence-corrected chi connectivity index (χ4v) is 2.66. The van der Waals surface area contributed by atoms with E-state index in [0.29, 0.717) is 5.69 Å². The van der Waals surface area contributed by atoms with Crippen LogP contribution in [0.3, 0.4) is 0 Å². The average Bonchev–Trinajstić information content (AvgIpc) is 2.99. The lowest BCUT2D eigenvalue weighted by molar-refractivity contribution is -0.136. The Morgan fingerprint density at radius 1 is 1.23 bits per heavy atom. The number of carboxylic acids is 1. The van der Waals surface area contributed by atoms with E-state index < -0.39 is 11.9 Å². The maximum absolute atomic E-state index is 12.1. The van der Waals surface area contributed by atoms with Crippen LogP contribution < -0.4 is 5.43 Å². The van der Waals surface area contributed by atoms with Crippen LogP contribution in [0.1, 0.15) is 21.6 Å². The van der Waals surface area contributed by atoms with Gasteiger partial charge in [-0.3, -0.25) is 9.59 Å². The van der Waals surface area contributed by atoms with E-state index >= 15 is 0 Å². The second kappa shape index (κ2) is 7.28. The van der Waals surface area contributed by atoms with Gasteiger partial charge in [-0.05, 0) is 30.3 Å². The zero-order valence-corrected chi connectivity index (χ0v) is 14.1. The molecule has 0 unspecified atom stereocenters. The molecule has 1 amide bonds. The van der Waals surface area contributed by atoms with Gasteiger partial charge in [0.05, 0.1) is 17.7 Å². The van der Waals surface area contributed by atoms with Crippen LogP contribution in [0.4, 0.5) is 0 Å². The molecule has 0 spiro atoms. The first-order chi connectivity index (χ1) is 12.4. The van der Waals surface area contributed by atoms with Crippen molar-refractivity contribution in [1.82, 2.24) is 10.4 Å². The lowest BCUT2D eigenvalue weighted by Gasteiger charge is -2.02. The van der Waals surface area contributed by atoms with Crippen molar-refractivity contribution in [3.8, 4) is 5.75 Å². The molecule has 3 rings (SSSR count). The van der Waals surface area contributed by atoms with Crippen molar-refractivity contribution in [2.45, 2.75) is 6.42 Å². The number of nitrogens with zero attached hydrogens (tertiary/aromatic N) is 1. The first kappa shape index (κ1) is 17.5. The van der Waals surface area contributed by atoms with Gasteiger partial charge in [0.25, 0.3) is 5.91 Å². The van der Waals surface area contributed by atoms with E-state index in [4.69, 9.17) is 16.7 Å². The summed E-state index contributed by atoms with van der Waals surface area (Å²) in [5.74, 6) is -1.51. The van der Waals surface area contributed by atoms with Crippen LogP contribution in [0.15, 0.2) is 47.6 Å². The molecule has 0 aliphatic rings. The predicted molar refractivity (Wildman–Crippen MR) is 97.8 cm³/mol. The van der Waals surface area contributed by atoms with E-state index in [1.54, 1.807) is 18.2 Å². The van der Waals surface area contributed by atoms with Crippen LogP contribution in [-0.2, 0) is 11.2 Å². The summed E-state index contributed by atoms with van der Waals surface area (Å²) in [6.07, 6.45) is 1.37. The summed E-state index contributed by atoms with van der Waals surface area (Å²) in [7, 11) is 0. The minimum Gasteiger partial charge on any atom is -0.506 e. The Kier molecular flexibility index (Phi) is 4.90. The number of nitrogens with one attached hydrogen (secondary N) is 2. The Morgan fingerprint density at radius 3 is 2.77 bits per heavy atom. The van der Waals surface area contributed by atoms with E-state index in [9.17, 15) is 14.7 Å². The Balaban J connectivity index is 1.77. The van der Waals surface area contributed by atoms with Gasteiger partial charge >= 0.3 is 5.97 Å². The molecule has 0 fully saturated rings. The zero-order valence-electron chi connectivity index (χ0n) is 13.4. The minimum atomic E-state index is -0.924. The Labute approximate surface area is 152 Å². The molecule has 1 heterocycles. The Bertz CT molecular complexity index is 1030. The molecule has 2 aromatic carbocycles. The Morgan fingerprint density at radius 2 is 2.04 bits per heavy atom. The topological polar surface area (TPSA) is 115 Å². The van der Waals surface area contributed by atoms with Crippen LogP contribution in [0.25, 0.3) is 10.9 Å². The average molecular weight is 372 g/mol. The van der Waals surface area contributed by atoms with Crippen LogP contribution in [0.5, 0.6) is 5.75 Å². The van der Waals surface area contributed by atoms with Crippen molar-refractivity contribution in [3.05, 3.63) is 64.3 Å². The van der Waals surface area contributed by atoms with Gasteiger partial charge in [-0.2, -0.15) is 5.10 Å². The number of carbonyl (C=O) groups excluding carboxylic acids is 1. The van der Waals surface area contributed by atoms with Crippen LogP contribution in [-0.4, -0.2) is 33.3 Å². The molecule has 0 aliphatic carbocycles. The van der Waals surface area contributed by atoms with Gasteiger partial charge < -0.3 is 15.2 Å². The molecular weight excluding hydrogens is 358 g/mol. The zero-order chi connectivity index (χ0) is 18.7. The molecule has 1 aromatic heterocycles. The van der Waals surface area contributed by atoms with E-state index in [2.05, 4.69) is 15.5 Å². The fraction of sp³-hybridized carbons (Fsp3) is 0.0556. The van der Waals surface area contributed by atoms with E-state index in [1.165, 1.54) is 24.4 Å². The third-order valence-electron chi connectivity index (χ3n) is 3.67. The van der Waals surface area contributed by atoms with Gasteiger partial charge in [0.15, 0.2) is 0 Å². The maximum Gasteiger partial charge on any atom is 0.309 e. The molecule has 8 heteroatoms. The number of amides is 1. The number of rotatable bonds is 5. The molecule has 0 aliphatic heterocycles. The summed E-state index contributed by atoms with van der Waals surface area (Å²) < 4.78 is 0. The lowest BCUT2D eigenvalue weighted by Crippen LogP contribution is -2.17. The third-order valence-corrected chi connectivity index (χ3v) is 3.98. The Hall–Kier alpha value is -3.32. The van der Waals surface area contributed by atoms with E-state index in [1.807, 2.05) is 6.07 Å². The van der Waals surface area contributed by atoms with Crippen LogP contribution in [0, 0.1) is 0 Å². The van der Waals surface area contributed by atoms with Crippen molar-refractivity contribution >= 4 is 40.6 Å². The number of aromatic amines is 1. The number of phenols is 1. The number of H-pyrrole nitrogens is 1. The third kappa shape index (κ3) is 3.84. The fourth-order valence-electron chi connectivity index (χ4n) is 2.48. The smallest absolute Gasteiger partial charge is 0.309 e. The largest absolute Gasteiger partial charge is 0.506 e. The molecular formula is C18H14ClN3O4. The summed E-state index contributed by atoms with van der Waals surface area (Å²) in [5, 5.41) is 23.1. The first-order valence-corrected chi connectivity index (χ1v) is 7.96. The quantitative estimate of drug-likeness (QED) is 0.407. The molecule has 7 nitrogen and oxygen atoms in total. The van der Waals surface area contributed by atoms with Gasteiger partial charge in [-0.1, -0.05) is 23.7 Å². The second-order valence-electron chi connectivity index (χ2n) is 5.54. The monoisotopic (exact) mass is 371 g/mol. The highest BCUT2D eigenvalue weighted by atomic mass is 35.5. The number of benzene rings is 2. The first-order valence-electron chi connectivity index (χ1n) is 7.58. The lowest BCUT2D eigenvalue weighted by atomic mass is 10.1. The summed E-state index contributed by atoms with van der Waals surface area (Å²) >= 11 is 5.78. The maximum atomic E-state index is 12.1. The van der Waals surface area contributed by atoms with Crippen LogP contribution in [0.2, 0.25) is 5.02 Å². The number of phenolic OH excluding ortho intramolecular Hbond substituents is 1. The van der Waals surface area contributed by atoms with Gasteiger partial charge in [0, 0.05) is 27.7 Å². The van der Waals surface area contributed by atoms with Gasteiger partial charge in [0.1, 0.15) is 5.75 Å². The molecule has 4 N–H and O–H groups in total. The number of carbonyl (C=O) groups is 2. The number of halogens is 1. The highest BCUT2D eigenvalue weighted by molar-refractivity contribution is 6.32.